The van der Waals surface area contributed by atoms with E-state index in [4.69, 9.17) is 9.47 Å². The number of ether oxygens (including phenoxy) is 2. The number of halogens is 1. The molecule has 5 aromatic rings. The van der Waals surface area contributed by atoms with Gasteiger partial charge in [-0.3, -0.25) is 9.48 Å². The zero-order valence-electron chi connectivity index (χ0n) is 31.6. The van der Waals surface area contributed by atoms with E-state index in [1.807, 2.05) is 43.4 Å². The van der Waals surface area contributed by atoms with Crippen LogP contribution in [0.15, 0.2) is 65.7 Å². The maximum atomic E-state index is 14.6. The van der Waals surface area contributed by atoms with Gasteiger partial charge in [0.15, 0.2) is 0 Å². The lowest BCUT2D eigenvalue weighted by Gasteiger charge is -2.50. The second-order valence-corrected chi connectivity index (χ2v) is 16.3. The quantitative estimate of drug-likeness (QED) is 0.0966. The molecule has 3 aliphatic carbocycles. The van der Waals surface area contributed by atoms with E-state index in [0.29, 0.717) is 59.5 Å². The summed E-state index contributed by atoms with van der Waals surface area (Å²) in [6.45, 7) is 5.38. The molecule has 1 aliphatic heterocycles. The number of rotatable bonds is 12. The standard InChI is InChI=1S/C43H50FN7O4/c1-43-16-15-31-30-12-10-29(52)21-26(30)7-11-32(31)34(43)13-14-36(43)55-20-4-19-54-18-3-17-45-28-8-5-25(6-9-28)39-38(41-46-24-47-51(41)2)40-37-33(42(53)50-49-40)22-27(44)23-35(37)48-39/h5-6,8-10,12,21-24,31-32,34,36,38-39,45,48,52H,3-4,7,11,13-20H2,1-2H3,(H,50,53)/t31-,32-,34+,36+,38-,39-,43+/m1/s1. The largest absolute Gasteiger partial charge is 0.508 e. The summed E-state index contributed by atoms with van der Waals surface area (Å²) in [5.41, 5.74) is 5.76. The molecular formula is C43H50FN7O4. The molecule has 55 heavy (non-hydrogen) atoms. The zero-order chi connectivity index (χ0) is 37.7. The third-order valence-corrected chi connectivity index (χ3v) is 13.3. The number of aromatic hydroxyl groups is 1. The minimum Gasteiger partial charge on any atom is -0.508 e. The molecule has 0 spiro atoms. The first-order valence-electron chi connectivity index (χ1n) is 20.0. The number of hydrogen-bond donors (Lipinski definition) is 4. The first-order valence-corrected chi connectivity index (χ1v) is 20.0. The van der Waals surface area contributed by atoms with E-state index in [-0.39, 0.29) is 22.8 Å². The number of H-pyrrole nitrogens is 1. The number of nitrogens with zero attached hydrogens (tertiary/aromatic N) is 4. The molecule has 2 saturated carbocycles. The lowest BCUT2D eigenvalue weighted by atomic mass is 9.55. The van der Waals surface area contributed by atoms with Crippen LogP contribution in [0.25, 0.3) is 10.8 Å². The first kappa shape index (κ1) is 35.9. The number of fused-ring (bicyclic) bond motifs is 5. The SMILES string of the molecule is Cn1ncnc1[C@H]1c2n[nH]c(=O)c3cc(F)cc(c23)N[C@@H]1c1ccc(NCCCOCCCO[C@H]2CC[C@H]3[C@@H]4CCc5cc(O)ccc5[C@H]4CC[C@]23C)cc1. The number of aromatic amines is 1. The summed E-state index contributed by atoms with van der Waals surface area (Å²) in [5, 5.41) is 29.2. The van der Waals surface area contributed by atoms with Gasteiger partial charge in [0.25, 0.3) is 5.56 Å². The molecule has 11 nitrogen and oxygen atoms in total. The van der Waals surface area contributed by atoms with Crippen molar-refractivity contribution < 1.29 is 19.0 Å². The Balaban J connectivity index is 0.734. The van der Waals surface area contributed by atoms with Gasteiger partial charge in [0.1, 0.15) is 23.7 Å². The van der Waals surface area contributed by atoms with Crippen molar-refractivity contribution in [2.45, 2.75) is 82.3 Å². The van der Waals surface area contributed by atoms with Crippen LogP contribution in [-0.4, -0.2) is 62.5 Å². The Morgan fingerprint density at radius 1 is 1.04 bits per heavy atom. The lowest BCUT2D eigenvalue weighted by molar-refractivity contribution is -0.0677. The Bertz CT molecular complexity index is 2240. The van der Waals surface area contributed by atoms with Crippen molar-refractivity contribution in [3.63, 3.8) is 0 Å². The van der Waals surface area contributed by atoms with Crippen molar-refractivity contribution in [2.75, 3.05) is 37.0 Å². The summed E-state index contributed by atoms with van der Waals surface area (Å²) in [4.78, 5) is 17.1. The number of phenols is 1. The van der Waals surface area contributed by atoms with E-state index < -0.39 is 11.4 Å². The minimum absolute atomic E-state index is 0.250. The highest BCUT2D eigenvalue weighted by Crippen LogP contribution is 2.61. The Morgan fingerprint density at radius 3 is 2.73 bits per heavy atom. The topological polar surface area (TPSA) is 139 Å². The highest BCUT2D eigenvalue weighted by molar-refractivity contribution is 5.97. The highest BCUT2D eigenvalue weighted by Gasteiger charge is 2.55. The van der Waals surface area contributed by atoms with Crippen LogP contribution in [0.4, 0.5) is 15.8 Å². The van der Waals surface area contributed by atoms with Gasteiger partial charge in [-0.05, 0) is 128 Å². The number of aryl methyl sites for hydroxylation is 2. The van der Waals surface area contributed by atoms with Crippen molar-refractivity contribution in [1.82, 2.24) is 25.0 Å². The van der Waals surface area contributed by atoms with E-state index in [9.17, 15) is 14.3 Å². The van der Waals surface area contributed by atoms with Gasteiger partial charge in [0, 0.05) is 50.2 Å². The molecule has 12 heteroatoms. The van der Waals surface area contributed by atoms with Crippen LogP contribution in [-0.2, 0) is 22.9 Å². The average Bonchev–Trinajstić information content (AvgIpc) is 3.76. The van der Waals surface area contributed by atoms with Crippen molar-refractivity contribution in [1.29, 1.82) is 0 Å². The van der Waals surface area contributed by atoms with Gasteiger partial charge in [-0.2, -0.15) is 10.2 Å². The number of phenolic OH excluding ortho intramolecular Hbond substituents is 1. The third-order valence-electron chi connectivity index (χ3n) is 13.3. The predicted molar refractivity (Wildman–Crippen MR) is 209 cm³/mol. The average molecular weight is 748 g/mol. The van der Waals surface area contributed by atoms with Crippen LogP contribution in [0.5, 0.6) is 5.75 Å². The molecule has 3 heterocycles. The van der Waals surface area contributed by atoms with Gasteiger partial charge in [-0.15, -0.1) is 0 Å². The Kier molecular flexibility index (Phi) is 9.58. The van der Waals surface area contributed by atoms with Crippen LogP contribution >= 0.6 is 0 Å². The molecule has 2 fully saturated rings. The maximum absolute atomic E-state index is 14.6. The predicted octanol–water partition coefficient (Wildman–Crippen LogP) is 7.35. The van der Waals surface area contributed by atoms with Gasteiger partial charge in [-0.1, -0.05) is 25.1 Å². The van der Waals surface area contributed by atoms with Gasteiger partial charge >= 0.3 is 0 Å². The van der Waals surface area contributed by atoms with Gasteiger partial charge in [0.05, 0.1) is 29.1 Å². The molecule has 0 saturated heterocycles. The van der Waals surface area contributed by atoms with E-state index >= 15 is 0 Å². The maximum Gasteiger partial charge on any atom is 0.272 e. The second kappa shape index (κ2) is 14.7. The summed E-state index contributed by atoms with van der Waals surface area (Å²) in [5.74, 6) is 2.27. The van der Waals surface area contributed by atoms with Crippen molar-refractivity contribution in [2.24, 2.45) is 24.3 Å². The molecule has 0 radical (unpaired) electrons. The summed E-state index contributed by atoms with van der Waals surface area (Å²) in [7, 11) is 1.83. The van der Waals surface area contributed by atoms with Crippen molar-refractivity contribution in [3.8, 4) is 5.75 Å². The third kappa shape index (κ3) is 6.56. The fraction of sp³-hybridized carbons (Fsp3) is 0.488. The number of nitrogens with one attached hydrogen (secondary N) is 3. The molecule has 9 rings (SSSR count). The van der Waals surface area contributed by atoms with Crippen LogP contribution in [0.1, 0.15) is 98.0 Å². The Hall–Kier alpha value is -4.81. The minimum atomic E-state index is -0.491. The number of hydrogen-bond acceptors (Lipinski definition) is 9. The summed E-state index contributed by atoms with van der Waals surface area (Å²) < 4.78 is 28.9. The first-order chi connectivity index (χ1) is 26.8. The smallest absolute Gasteiger partial charge is 0.272 e. The number of anilines is 2. The van der Waals surface area contributed by atoms with Crippen LogP contribution in [0.2, 0.25) is 0 Å². The molecule has 3 aromatic carbocycles. The van der Waals surface area contributed by atoms with E-state index in [1.165, 1.54) is 55.3 Å². The lowest BCUT2D eigenvalue weighted by Crippen LogP contribution is -2.44. The van der Waals surface area contributed by atoms with Gasteiger partial charge in [0.2, 0.25) is 0 Å². The molecule has 2 aromatic heterocycles. The summed E-state index contributed by atoms with van der Waals surface area (Å²) in [6.07, 6.45) is 10.8. The molecule has 0 unspecified atom stereocenters. The highest BCUT2D eigenvalue weighted by atomic mass is 19.1. The van der Waals surface area contributed by atoms with Crippen molar-refractivity contribution >= 4 is 22.1 Å². The molecule has 288 valence electrons. The summed E-state index contributed by atoms with van der Waals surface area (Å²) in [6, 6.07) is 16.6. The molecule has 7 atom stereocenters. The molecule has 0 bridgehead atoms. The normalized spacial score (nSPS) is 26.6. The summed E-state index contributed by atoms with van der Waals surface area (Å²) >= 11 is 0. The second-order valence-electron chi connectivity index (χ2n) is 16.3. The fourth-order valence-electron chi connectivity index (χ4n) is 10.7. The Morgan fingerprint density at radius 2 is 1.89 bits per heavy atom. The molecule has 4 N–H and O–H groups in total. The zero-order valence-corrected chi connectivity index (χ0v) is 31.6. The van der Waals surface area contributed by atoms with Crippen LogP contribution in [0, 0.1) is 23.1 Å². The molecular weight excluding hydrogens is 698 g/mol. The number of benzene rings is 3. The van der Waals surface area contributed by atoms with Crippen molar-refractivity contribution in [3.05, 3.63) is 105 Å². The van der Waals surface area contributed by atoms with E-state index in [2.05, 4.69) is 43.9 Å². The number of aromatic nitrogens is 5. The Labute approximate surface area is 320 Å². The molecule has 4 aliphatic rings. The fourth-order valence-corrected chi connectivity index (χ4v) is 10.7. The van der Waals surface area contributed by atoms with E-state index in [1.54, 1.807) is 4.68 Å². The molecule has 0 amide bonds. The van der Waals surface area contributed by atoms with E-state index in [0.717, 1.165) is 56.0 Å². The monoisotopic (exact) mass is 747 g/mol. The van der Waals surface area contributed by atoms with Crippen LogP contribution in [0.3, 0.4) is 0 Å². The van der Waals surface area contributed by atoms with Crippen LogP contribution < -0.4 is 16.2 Å². The van der Waals surface area contributed by atoms with Gasteiger partial charge < -0.3 is 25.2 Å². The van der Waals surface area contributed by atoms with Gasteiger partial charge in [-0.25, -0.2) is 14.5 Å².